The molecule has 1 aliphatic rings. The molecule has 7 heterocycles. The summed E-state index contributed by atoms with van der Waals surface area (Å²) in [6.45, 7) is -4.40. The van der Waals surface area contributed by atoms with Crippen LogP contribution < -0.4 is 22.0 Å². The van der Waals surface area contributed by atoms with Crippen molar-refractivity contribution in [3.8, 4) is 0 Å². The summed E-state index contributed by atoms with van der Waals surface area (Å²) in [4.78, 5) is 39.0. The molecule has 0 spiro atoms. The van der Waals surface area contributed by atoms with Gasteiger partial charge in [-0.15, -0.1) is 22.6 Å². The lowest BCUT2D eigenvalue weighted by Crippen LogP contribution is -2.46. The zero-order chi connectivity index (χ0) is 49.8. The number of piperazine rings is 1. The smallest absolute Gasteiger partial charge is 0.350 e. The number of halogens is 5. The van der Waals surface area contributed by atoms with E-state index in [0.717, 1.165) is 10.4 Å². The second-order valence-electron chi connectivity index (χ2n) is 11.1. The van der Waals surface area contributed by atoms with E-state index in [4.69, 9.17) is 28.1 Å². The fraction of sp³-hybridized carbons (Fsp3) is 0.351. The normalized spacial score (nSPS) is 17.3. The fourth-order valence-corrected chi connectivity index (χ4v) is 6.03. The van der Waals surface area contributed by atoms with Crippen LogP contribution in [0.4, 0.5) is 5.69 Å². The molecule has 1 aromatic carbocycles. The maximum atomic E-state index is 12.5. The average Bonchev–Trinajstić information content (AvgIpc) is 3.89. The van der Waals surface area contributed by atoms with Crippen LogP contribution >= 0.6 is 71.8 Å². The lowest BCUT2D eigenvalue weighted by Gasteiger charge is -2.36. The topological polar surface area (TPSA) is 135 Å². The Kier molecular flexibility index (Phi) is 12.7. The Morgan fingerprint density at radius 2 is 1.18 bits per heavy atom. The van der Waals surface area contributed by atoms with Crippen molar-refractivity contribution < 1.29 is 16.4 Å². The second kappa shape index (κ2) is 23.5. The maximum absolute atomic E-state index is 12.5. The molecule has 14 nitrogen and oxygen atoms in total. The van der Waals surface area contributed by atoms with Gasteiger partial charge in [0.1, 0.15) is 0 Å². The van der Waals surface area contributed by atoms with E-state index in [2.05, 4.69) is 73.1 Å². The predicted octanol–water partition coefficient (Wildman–Crippen LogP) is 6.25. The van der Waals surface area contributed by atoms with Crippen LogP contribution in [0.1, 0.15) is 35.7 Å². The SMILES string of the molecule is Cl.O=c1[nH]nc2ccccn12.[2H]C([2H])(Br)CC([2H])([2H])Br.[2H]C([2H])(Br)CC([2H])([2H])n1nc2ccccn2c1=O.[2H]C([2H])(CC([2H])([2H])n1nc2ccccn2c1=O)N1CCN(c2cccc(Cl)c2)CC1. The first-order valence-electron chi connectivity index (χ1n) is 22.4. The van der Waals surface area contributed by atoms with Gasteiger partial charge >= 0.3 is 17.1 Å². The van der Waals surface area contributed by atoms with Gasteiger partial charge in [-0.1, -0.05) is 83.7 Å². The largest absolute Gasteiger partial charge is 0.369 e. The number of hydrogen-bond donors (Lipinski definition) is 1. The number of aromatic amines is 1. The highest BCUT2D eigenvalue weighted by Gasteiger charge is 2.17. The molecule has 7 aromatic rings. The maximum Gasteiger partial charge on any atom is 0.350 e. The number of aryl methyl sites for hydroxylation is 2. The molecule has 19 heteroatoms. The number of nitrogens with zero attached hydrogens (tertiary/aromatic N) is 10. The fourth-order valence-electron chi connectivity index (χ4n) is 5.06. The van der Waals surface area contributed by atoms with E-state index in [1.807, 2.05) is 30.3 Å². The van der Waals surface area contributed by atoms with Crippen LogP contribution in [0.3, 0.4) is 0 Å². The lowest BCUT2D eigenvalue weighted by molar-refractivity contribution is 0.248. The van der Waals surface area contributed by atoms with Crippen molar-refractivity contribution in [1.82, 2.24) is 47.9 Å². The van der Waals surface area contributed by atoms with Gasteiger partial charge in [0.2, 0.25) is 0 Å². The van der Waals surface area contributed by atoms with Crippen LogP contribution in [-0.4, -0.2) is 96.4 Å². The van der Waals surface area contributed by atoms with Gasteiger partial charge < -0.3 is 4.90 Å². The Morgan fingerprint density at radius 3 is 1.68 bits per heavy atom. The lowest BCUT2D eigenvalue weighted by atomic mass is 10.2. The molecule has 0 saturated carbocycles. The molecule has 0 bridgehead atoms. The summed E-state index contributed by atoms with van der Waals surface area (Å²) in [7, 11) is 0. The summed E-state index contributed by atoms with van der Waals surface area (Å²) in [5.41, 5.74) is 0.811. The number of alkyl halides is 3. The average molecular weight is 1010 g/mol. The third kappa shape index (κ3) is 12.6. The van der Waals surface area contributed by atoms with E-state index in [-0.39, 0.29) is 24.5 Å². The highest BCUT2D eigenvalue weighted by molar-refractivity contribution is 9.09. The van der Waals surface area contributed by atoms with E-state index in [0.29, 0.717) is 52.8 Å². The molecule has 8 rings (SSSR count). The Labute approximate surface area is 376 Å². The molecule has 6 aromatic heterocycles. The van der Waals surface area contributed by atoms with Gasteiger partial charge in [-0.25, -0.2) is 28.8 Å². The number of H-pyrrole nitrogens is 1. The van der Waals surface area contributed by atoms with E-state index in [1.54, 1.807) is 59.6 Å². The molecule has 1 saturated heterocycles. The molecule has 1 aliphatic heterocycles. The van der Waals surface area contributed by atoms with E-state index in [9.17, 15) is 14.4 Å². The molecule has 1 N–H and O–H groups in total. The minimum Gasteiger partial charge on any atom is -0.369 e. The number of nitrogens with one attached hydrogen (secondary N) is 1. The molecule has 0 unspecified atom stereocenters. The van der Waals surface area contributed by atoms with Gasteiger partial charge in [-0.2, -0.15) is 5.10 Å². The van der Waals surface area contributed by atoms with Crippen molar-refractivity contribution in [2.45, 2.75) is 32.3 Å². The van der Waals surface area contributed by atoms with Crippen LogP contribution in [0.2, 0.25) is 5.02 Å². The van der Waals surface area contributed by atoms with Crippen molar-refractivity contribution in [2.24, 2.45) is 0 Å². The molecule has 0 amide bonds. The quantitative estimate of drug-likeness (QED) is 0.159. The second-order valence-corrected chi connectivity index (χ2v) is 13.2. The number of anilines is 1. The first-order valence-corrected chi connectivity index (χ1v) is 19.2. The van der Waals surface area contributed by atoms with Gasteiger partial charge in [0.05, 0.1) is 5.48 Å². The first-order chi connectivity index (χ1) is 31.0. The van der Waals surface area contributed by atoms with Crippen molar-refractivity contribution in [3.05, 3.63) is 134 Å². The molecule has 0 atom stereocenters. The van der Waals surface area contributed by atoms with E-state index in [1.165, 1.54) is 25.6 Å². The zero-order valence-corrected chi connectivity index (χ0v) is 35.6. The van der Waals surface area contributed by atoms with Crippen molar-refractivity contribution in [3.63, 3.8) is 0 Å². The molecular weight excluding hydrogens is 957 g/mol. The molecular formula is C37H44Br3Cl2N11O3. The van der Waals surface area contributed by atoms with Crippen LogP contribution in [0.5, 0.6) is 0 Å². The number of benzene rings is 1. The zero-order valence-electron chi connectivity index (χ0n) is 41.3. The van der Waals surface area contributed by atoms with Crippen LogP contribution in [-0.2, 0) is 13.0 Å². The number of rotatable bonds is 10. The summed E-state index contributed by atoms with van der Waals surface area (Å²) in [5.74, 6) is 0. The number of pyridine rings is 3. The highest BCUT2D eigenvalue weighted by atomic mass is 79.9. The first kappa shape index (κ1) is 30.4. The number of aromatic nitrogens is 9. The summed E-state index contributed by atoms with van der Waals surface area (Å²) in [6.07, 6.45) is 3.42. The number of hydrogen-bond acceptors (Lipinski definition) is 8. The predicted molar refractivity (Wildman–Crippen MR) is 237 cm³/mol. The van der Waals surface area contributed by atoms with Gasteiger partial charge in [0.25, 0.3) is 0 Å². The van der Waals surface area contributed by atoms with Crippen molar-refractivity contribution >= 4 is 94.4 Å². The summed E-state index contributed by atoms with van der Waals surface area (Å²) in [6, 6.07) is 22.8. The van der Waals surface area contributed by atoms with Crippen LogP contribution in [0.25, 0.3) is 16.9 Å². The Bertz CT molecular complexity index is 2930. The summed E-state index contributed by atoms with van der Waals surface area (Å²) in [5, 5.41) is 9.50. The summed E-state index contributed by atoms with van der Waals surface area (Å²) >= 11 is 14.1. The molecule has 0 aliphatic carbocycles. The van der Waals surface area contributed by atoms with E-state index < -0.39 is 59.6 Å². The van der Waals surface area contributed by atoms with Gasteiger partial charge in [-0.05, 0) is 73.9 Å². The van der Waals surface area contributed by atoms with Crippen molar-refractivity contribution in [2.75, 3.05) is 53.4 Å². The third-order valence-electron chi connectivity index (χ3n) is 7.59. The standard InChI is InChI=1S/C19H22ClN5O.C9H10BrN3O.C6H5N3O.C3H6Br2.ClH/c20-16-5-3-6-17(15-16)23-13-11-22(12-14-23)8-4-10-25-19(26)24-9-2-1-7-18(24)21-25;10-5-3-7-13-9(14)12-6-2-1-4-8(12)11-13;10-6-8-7-5-3-1-2-4-9(5)6;4-2-1-3-5;/h1-3,5-7,9,15H,4,8,10-14H2;1-2,4,6H,3,5,7H2;1-4H,(H,8,10);1-3H2;1H/i8D2,10D2;5D2,7D2;;2D2,3D2;. The van der Waals surface area contributed by atoms with E-state index >= 15 is 0 Å². The number of fused-ring (bicyclic) bond motifs is 3. The van der Waals surface area contributed by atoms with Gasteiger partial charge in [-0.3, -0.25) is 18.1 Å². The molecule has 56 heavy (non-hydrogen) atoms. The molecule has 300 valence electrons. The molecule has 0 radical (unpaired) electrons. The summed E-state index contributed by atoms with van der Waals surface area (Å²) < 4.78 is 96.9. The van der Waals surface area contributed by atoms with Gasteiger partial charge in [0, 0.05) is 102 Å². The highest BCUT2D eigenvalue weighted by Crippen LogP contribution is 2.20. The van der Waals surface area contributed by atoms with Crippen LogP contribution in [0, 0.1) is 0 Å². The minimum atomic E-state index is -2.28. The van der Waals surface area contributed by atoms with Crippen molar-refractivity contribution in [1.29, 1.82) is 0 Å². The monoisotopic (exact) mass is 1010 g/mol. The Morgan fingerprint density at radius 1 is 0.643 bits per heavy atom. The Hall–Kier alpha value is -3.74. The molecule has 1 fully saturated rings. The van der Waals surface area contributed by atoms with Crippen LogP contribution in [0.15, 0.2) is 112 Å². The van der Waals surface area contributed by atoms with Gasteiger partial charge in [0.15, 0.2) is 16.9 Å². The minimum absolute atomic E-state index is 0. The Balaban J connectivity index is 0.000000223. The third-order valence-corrected chi connectivity index (χ3v) is 8.67.